The van der Waals surface area contributed by atoms with Crippen molar-refractivity contribution in [3.05, 3.63) is 82.8 Å². The summed E-state index contributed by atoms with van der Waals surface area (Å²) in [5.41, 5.74) is 5.75. The van der Waals surface area contributed by atoms with Gasteiger partial charge in [-0.15, -0.1) is 0 Å². The Hall–Kier alpha value is -3.12. The molecule has 2 unspecified atom stereocenters. The number of nitrogens with one attached hydrogen (secondary N) is 1. The number of ether oxygens (including phenoxy) is 1. The maximum absolute atomic E-state index is 16.7. The lowest BCUT2D eigenvalue weighted by molar-refractivity contribution is -0.148. The first-order chi connectivity index (χ1) is 22.0. The second kappa shape index (κ2) is 12.2. The number of nitrogens with two attached hydrogens (primary N) is 1. The Balaban J connectivity index is 1.23. The fourth-order valence-corrected chi connectivity index (χ4v) is 9.07. The van der Waals surface area contributed by atoms with Crippen LogP contribution in [-0.4, -0.2) is 49.5 Å². The van der Waals surface area contributed by atoms with Gasteiger partial charge in [0.15, 0.2) is 6.04 Å². The third kappa shape index (κ3) is 6.03. The Bertz CT molecular complexity index is 1900. The zero-order valence-corrected chi connectivity index (χ0v) is 27.6. The highest BCUT2D eigenvalue weighted by Crippen LogP contribution is 2.41. The van der Waals surface area contributed by atoms with Gasteiger partial charge in [-0.2, -0.15) is 13.5 Å². The van der Waals surface area contributed by atoms with E-state index in [1.807, 2.05) is 6.07 Å². The number of benzene rings is 4. The van der Waals surface area contributed by atoms with E-state index in [0.717, 1.165) is 40.9 Å². The molecule has 2 aliphatic heterocycles. The smallest absolute Gasteiger partial charge is 0.298 e. The standard InChI is InChI=1S/C35H36BrF2N3O4S/c36-26-10-6-21-15-25(9-5-22(21)16-26)35(37,38)33(34(42)41-28-11-12-29(41)20-27(39)19-28)40-46(43,44)32-14-8-23-17-31(13-7-24(23)18-32)45-30-3-1-2-4-30/h5-10,13-18,27-30,33,40H,1-4,11-12,19-20,39H2/t27?,28?,29?,33-/m0/s1. The monoisotopic (exact) mass is 711 g/mol. The number of halogens is 3. The van der Waals surface area contributed by atoms with Crippen molar-refractivity contribution in [3.63, 3.8) is 0 Å². The summed E-state index contributed by atoms with van der Waals surface area (Å²) in [6, 6.07) is 16.1. The Labute approximate surface area is 275 Å². The van der Waals surface area contributed by atoms with Gasteiger partial charge in [0.25, 0.3) is 5.92 Å². The molecule has 2 bridgehead atoms. The molecule has 0 aromatic heterocycles. The average Bonchev–Trinajstić information content (AvgIpc) is 3.64. The largest absolute Gasteiger partial charge is 0.490 e. The quantitative estimate of drug-likeness (QED) is 0.205. The van der Waals surface area contributed by atoms with Gasteiger partial charge in [-0.25, -0.2) is 8.42 Å². The molecule has 3 N–H and O–H groups in total. The molecule has 0 spiro atoms. The zero-order chi connectivity index (χ0) is 32.2. The number of fused-ring (bicyclic) bond motifs is 4. The van der Waals surface area contributed by atoms with E-state index in [2.05, 4.69) is 20.7 Å². The van der Waals surface area contributed by atoms with Gasteiger partial charge in [0, 0.05) is 28.2 Å². The summed E-state index contributed by atoms with van der Waals surface area (Å²) in [5.74, 6) is -4.09. The molecule has 3 aliphatic rings. The highest BCUT2D eigenvalue weighted by atomic mass is 79.9. The highest BCUT2D eigenvalue weighted by molar-refractivity contribution is 9.10. The summed E-state index contributed by atoms with van der Waals surface area (Å²) in [6.45, 7) is 0. The van der Waals surface area contributed by atoms with Crippen LogP contribution in [0.3, 0.4) is 0 Å². The molecule has 7 rings (SSSR count). The molecule has 2 heterocycles. The second-order valence-electron chi connectivity index (χ2n) is 12.9. The molecule has 1 saturated carbocycles. The molecule has 7 nitrogen and oxygen atoms in total. The maximum Gasteiger partial charge on any atom is 0.298 e. The van der Waals surface area contributed by atoms with Crippen LogP contribution in [0.4, 0.5) is 8.78 Å². The van der Waals surface area contributed by atoms with Crippen LogP contribution in [0.5, 0.6) is 5.75 Å². The minimum Gasteiger partial charge on any atom is -0.490 e. The number of rotatable bonds is 8. The number of hydrogen-bond donors (Lipinski definition) is 2. The van der Waals surface area contributed by atoms with Crippen LogP contribution < -0.4 is 15.2 Å². The predicted molar refractivity (Wildman–Crippen MR) is 177 cm³/mol. The molecule has 4 aromatic carbocycles. The topological polar surface area (TPSA) is 102 Å². The van der Waals surface area contributed by atoms with Crippen LogP contribution in [0.15, 0.2) is 82.2 Å². The van der Waals surface area contributed by atoms with Crippen molar-refractivity contribution in [1.82, 2.24) is 9.62 Å². The van der Waals surface area contributed by atoms with Crippen LogP contribution in [0.2, 0.25) is 0 Å². The number of carbonyl (C=O) groups excluding carboxylic acids is 1. The number of sulfonamides is 1. The number of nitrogens with zero attached hydrogens (tertiary/aromatic N) is 1. The second-order valence-corrected chi connectivity index (χ2v) is 15.6. The maximum atomic E-state index is 16.7. The van der Waals surface area contributed by atoms with E-state index in [0.29, 0.717) is 42.2 Å². The summed E-state index contributed by atoms with van der Waals surface area (Å²) in [5, 5.41) is 2.65. The van der Waals surface area contributed by atoms with Crippen molar-refractivity contribution < 1.29 is 26.7 Å². The summed E-state index contributed by atoms with van der Waals surface area (Å²) >= 11 is 3.40. The van der Waals surface area contributed by atoms with Crippen molar-refractivity contribution in [2.24, 2.45) is 5.73 Å². The summed E-state index contributed by atoms with van der Waals surface area (Å²) in [7, 11) is -4.57. The fraction of sp³-hybridized carbons (Fsp3) is 0.400. The number of hydrogen-bond acceptors (Lipinski definition) is 5. The molecule has 11 heteroatoms. The highest BCUT2D eigenvalue weighted by Gasteiger charge is 2.53. The Kier molecular flexibility index (Phi) is 8.32. The SMILES string of the molecule is NC1CC2CCC(C1)N2C(=O)[C@H](NS(=O)(=O)c1ccc2cc(OC3CCCC3)ccc2c1)C(F)(F)c1ccc2cc(Br)ccc2c1. The lowest BCUT2D eigenvalue weighted by Gasteiger charge is -2.41. The number of amides is 1. The van der Waals surface area contributed by atoms with Crippen LogP contribution in [0, 0.1) is 0 Å². The van der Waals surface area contributed by atoms with E-state index < -0.39 is 33.5 Å². The molecule has 3 atom stereocenters. The van der Waals surface area contributed by atoms with Gasteiger partial charge in [-0.1, -0.05) is 46.3 Å². The van der Waals surface area contributed by atoms with E-state index in [1.54, 1.807) is 42.5 Å². The van der Waals surface area contributed by atoms with Crippen molar-refractivity contribution >= 4 is 53.4 Å². The van der Waals surface area contributed by atoms with E-state index in [9.17, 15) is 13.2 Å². The summed E-state index contributed by atoms with van der Waals surface area (Å²) in [6.07, 6.45) is 6.76. The first-order valence-corrected chi connectivity index (χ1v) is 18.1. The third-order valence-electron chi connectivity index (χ3n) is 9.79. The first kappa shape index (κ1) is 31.5. The normalized spacial score (nSPS) is 22.9. The molecule has 4 aromatic rings. The Morgan fingerprint density at radius 1 is 0.870 bits per heavy atom. The lowest BCUT2D eigenvalue weighted by Crippen LogP contribution is -2.60. The van der Waals surface area contributed by atoms with Crippen LogP contribution in [-0.2, 0) is 20.7 Å². The van der Waals surface area contributed by atoms with E-state index >= 15 is 8.78 Å². The minimum absolute atomic E-state index is 0.126. The number of piperidine rings is 1. The fourth-order valence-electron chi connectivity index (χ4n) is 7.46. The van der Waals surface area contributed by atoms with Crippen LogP contribution in [0.25, 0.3) is 21.5 Å². The Morgan fingerprint density at radius 3 is 2.22 bits per heavy atom. The first-order valence-electron chi connectivity index (χ1n) is 15.9. The zero-order valence-electron chi connectivity index (χ0n) is 25.2. The predicted octanol–water partition coefficient (Wildman–Crippen LogP) is 7.00. The van der Waals surface area contributed by atoms with E-state index in [1.165, 1.54) is 29.2 Å². The molecule has 2 saturated heterocycles. The molecular weight excluding hydrogens is 676 g/mol. The van der Waals surface area contributed by atoms with Gasteiger partial charge in [0.1, 0.15) is 5.75 Å². The molecule has 46 heavy (non-hydrogen) atoms. The minimum atomic E-state index is -4.57. The van der Waals surface area contributed by atoms with Gasteiger partial charge >= 0.3 is 0 Å². The van der Waals surface area contributed by atoms with Gasteiger partial charge in [0.05, 0.1) is 11.0 Å². The Morgan fingerprint density at radius 2 is 1.48 bits per heavy atom. The van der Waals surface area contributed by atoms with Crippen LogP contribution in [0.1, 0.15) is 56.9 Å². The summed E-state index contributed by atoms with van der Waals surface area (Å²) in [4.78, 5) is 15.4. The van der Waals surface area contributed by atoms with Gasteiger partial charge in [-0.3, -0.25) is 4.79 Å². The van der Waals surface area contributed by atoms with Crippen LogP contribution >= 0.6 is 15.9 Å². The summed E-state index contributed by atoms with van der Waals surface area (Å²) < 4.78 is 70.1. The van der Waals surface area contributed by atoms with E-state index in [-0.39, 0.29) is 29.1 Å². The lowest BCUT2D eigenvalue weighted by atomic mass is 9.94. The number of carbonyl (C=O) groups is 1. The average molecular weight is 713 g/mol. The van der Waals surface area contributed by atoms with E-state index in [4.69, 9.17) is 10.5 Å². The molecule has 242 valence electrons. The molecule has 0 radical (unpaired) electrons. The molecular formula is C35H36BrF2N3O4S. The van der Waals surface area contributed by atoms with Gasteiger partial charge < -0.3 is 15.4 Å². The molecule has 3 fully saturated rings. The van der Waals surface area contributed by atoms with Crippen molar-refractivity contribution in [2.45, 2.75) is 92.5 Å². The van der Waals surface area contributed by atoms with Crippen molar-refractivity contribution in [3.8, 4) is 5.75 Å². The van der Waals surface area contributed by atoms with Gasteiger partial charge in [-0.05, 0) is 115 Å². The third-order valence-corrected chi connectivity index (χ3v) is 11.7. The molecule has 1 aliphatic carbocycles. The van der Waals surface area contributed by atoms with Crippen molar-refractivity contribution in [2.75, 3.05) is 0 Å². The van der Waals surface area contributed by atoms with Crippen molar-refractivity contribution in [1.29, 1.82) is 0 Å². The van der Waals surface area contributed by atoms with Gasteiger partial charge in [0.2, 0.25) is 15.9 Å². The molecule has 1 amide bonds. The number of alkyl halides is 2.